The normalized spacial score (nSPS) is 22.2. The number of nitrogens with one attached hydrogen (secondary N) is 1. The van der Waals surface area contributed by atoms with Crippen LogP contribution >= 0.6 is 11.6 Å². The van der Waals surface area contributed by atoms with Gasteiger partial charge in [-0.1, -0.05) is 18.0 Å². The number of halogens is 1. The largest absolute Gasteiger partial charge is 0.349 e. The van der Waals surface area contributed by atoms with Crippen molar-refractivity contribution in [1.29, 1.82) is 5.26 Å². The minimum atomic E-state index is -0.234. The summed E-state index contributed by atoms with van der Waals surface area (Å²) in [6.45, 7) is 2.37. The smallest absolute Gasteiger partial charge is 0.238 e. The molecule has 0 radical (unpaired) electrons. The minimum Gasteiger partial charge on any atom is -0.349 e. The van der Waals surface area contributed by atoms with E-state index in [1.165, 1.54) is 0 Å². The van der Waals surface area contributed by atoms with Crippen molar-refractivity contribution in [2.45, 2.75) is 31.6 Å². The van der Waals surface area contributed by atoms with Gasteiger partial charge in [-0.25, -0.2) is 0 Å². The van der Waals surface area contributed by atoms with Crippen LogP contribution in [0.15, 0.2) is 18.2 Å². The number of anilines is 1. The number of carbonyl (C=O) groups is 1. The number of hydrogen-bond donors (Lipinski definition) is 1. The quantitative estimate of drug-likeness (QED) is 0.903. The summed E-state index contributed by atoms with van der Waals surface area (Å²) in [7, 11) is 0. The highest BCUT2D eigenvalue weighted by molar-refractivity contribution is 6.32. The first-order chi connectivity index (χ1) is 11.7. The van der Waals surface area contributed by atoms with Gasteiger partial charge < -0.3 is 14.8 Å². The van der Waals surface area contributed by atoms with E-state index < -0.39 is 0 Å². The summed E-state index contributed by atoms with van der Waals surface area (Å²) < 4.78 is 11.2. The Kier molecular flexibility index (Phi) is 5.69. The number of nitrogens with zero attached hydrogens (tertiary/aromatic N) is 2. The number of rotatable bonds is 4. The van der Waals surface area contributed by atoms with Crippen molar-refractivity contribution >= 4 is 23.2 Å². The summed E-state index contributed by atoms with van der Waals surface area (Å²) in [5.74, 6) is -0.110. The van der Waals surface area contributed by atoms with Crippen molar-refractivity contribution in [1.82, 2.24) is 4.90 Å². The Morgan fingerprint density at radius 3 is 2.88 bits per heavy atom. The predicted octanol–water partition coefficient (Wildman–Crippen LogP) is 2.38. The highest BCUT2D eigenvalue weighted by atomic mass is 35.5. The molecule has 2 heterocycles. The third-order valence-electron chi connectivity index (χ3n) is 4.35. The standard InChI is InChI=1S/C17H20ClN3O3/c18-14-9-13(5-4-12(14)10-19)20-16(22)11-21-6-2-1-3-15(21)17-23-7-8-24-17/h4-5,9,15,17H,1-3,6-8,11H2,(H,20,22)/t15-/m1/s1. The molecule has 6 nitrogen and oxygen atoms in total. The number of likely N-dealkylation sites (tertiary alicyclic amines) is 1. The number of carbonyl (C=O) groups excluding carboxylic acids is 1. The molecule has 7 heteroatoms. The zero-order valence-corrected chi connectivity index (χ0v) is 14.1. The number of nitriles is 1. The number of amides is 1. The lowest BCUT2D eigenvalue weighted by Gasteiger charge is -2.37. The van der Waals surface area contributed by atoms with Crippen LogP contribution in [0, 0.1) is 11.3 Å². The molecule has 2 fully saturated rings. The van der Waals surface area contributed by atoms with Gasteiger partial charge >= 0.3 is 0 Å². The maximum Gasteiger partial charge on any atom is 0.238 e. The molecule has 128 valence electrons. The SMILES string of the molecule is N#Cc1ccc(NC(=O)CN2CCCC[C@@H]2C2OCCO2)cc1Cl. The zero-order chi connectivity index (χ0) is 16.9. The van der Waals surface area contributed by atoms with Gasteiger partial charge in [0.1, 0.15) is 6.07 Å². The lowest BCUT2D eigenvalue weighted by atomic mass is 10.0. The molecule has 2 aliphatic rings. The van der Waals surface area contributed by atoms with Gasteiger partial charge in [-0.05, 0) is 37.6 Å². The predicted molar refractivity (Wildman–Crippen MR) is 89.7 cm³/mol. The summed E-state index contributed by atoms with van der Waals surface area (Å²) in [4.78, 5) is 14.5. The molecule has 0 aliphatic carbocycles. The second-order valence-electron chi connectivity index (χ2n) is 6.00. The maximum absolute atomic E-state index is 12.4. The van der Waals surface area contributed by atoms with E-state index in [2.05, 4.69) is 10.2 Å². The van der Waals surface area contributed by atoms with E-state index in [9.17, 15) is 4.79 Å². The number of hydrogen-bond acceptors (Lipinski definition) is 5. The van der Waals surface area contributed by atoms with Crippen LogP contribution in [0.5, 0.6) is 0 Å². The maximum atomic E-state index is 12.4. The molecule has 1 amide bonds. The van der Waals surface area contributed by atoms with Crippen LogP contribution in [-0.4, -0.2) is 49.4 Å². The lowest BCUT2D eigenvalue weighted by molar-refractivity contribution is -0.127. The van der Waals surface area contributed by atoms with E-state index in [-0.39, 0.29) is 24.8 Å². The molecule has 0 saturated carbocycles. The number of benzene rings is 1. The molecule has 0 unspecified atom stereocenters. The lowest BCUT2D eigenvalue weighted by Crippen LogP contribution is -2.50. The van der Waals surface area contributed by atoms with Crippen LogP contribution in [0.25, 0.3) is 0 Å². The molecule has 24 heavy (non-hydrogen) atoms. The molecule has 3 rings (SSSR count). The summed E-state index contributed by atoms with van der Waals surface area (Å²) in [6.07, 6.45) is 2.93. The highest BCUT2D eigenvalue weighted by Gasteiger charge is 2.34. The molecule has 1 N–H and O–H groups in total. The summed E-state index contributed by atoms with van der Waals surface area (Å²) in [5, 5.41) is 12.1. The van der Waals surface area contributed by atoms with E-state index in [0.717, 1.165) is 25.8 Å². The van der Waals surface area contributed by atoms with E-state index in [4.69, 9.17) is 26.3 Å². The van der Waals surface area contributed by atoms with Gasteiger partial charge in [0.25, 0.3) is 0 Å². The first-order valence-electron chi connectivity index (χ1n) is 8.14. The molecule has 1 aromatic carbocycles. The first-order valence-corrected chi connectivity index (χ1v) is 8.52. The van der Waals surface area contributed by atoms with Gasteiger partial charge in [0, 0.05) is 5.69 Å². The van der Waals surface area contributed by atoms with E-state index >= 15 is 0 Å². The molecule has 0 spiro atoms. The van der Waals surface area contributed by atoms with Crippen molar-refractivity contribution in [3.63, 3.8) is 0 Å². The van der Waals surface area contributed by atoms with Gasteiger partial charge in [-0.3, -0.25) is 9.69 Å². The van der Waals surface area contributed by atoms with Crippen LogP contribution in [0.1, 0.15) is 24.8 Å². The summed E-state index contributed by atoms with van der Waals surface area (Å²) in [5.41, 5.74) is 0.979. The monoisotopic (exact) mass is 349 g/mol. The van der Waals surface area contributed by atoms with Gasteiger partial charge in [0.05, 0.1) is 36.4 Å². The van der Waals surface area contributed by atoms with Crippen LogP contribution in [0.4, 0.5) is 5.69 Å². The Hall–Kier alpha value is -1.65. The summed E-state index contributed by atoms with van der Waals surface area (Å²) >= 11 is 6.00. The van der Waals surface area contributed by atoms with Gasteiger partial charge in [-0.2, -0.15) is 5.26 Å². The molecular weight excluding hydrogens is 330 g/mol. The van der Waals surface area contributed by atoms with E-state index in [0.29, 0.717) is 29.5 Å². The van der Waals surface area contributed by atoms with Crippen LogP contribution in [0.2, 0.25) is 5.02 Å². The van der Waals surface area contributed by atoms with Crippen LogP contribution in [0.3, 0.4) is 0 Å². The van der Waals surface area contributed by atoms with Crippen molar-refractivity contribution in [3.8, 4) is 6.07 Å². The molecule has 0 aromatic heterocycles. The molecule has 1 atom stereocenters. The average molecular weight is 350 g/mol. The minimum absolute atomic E-state index is 0.110. The fourth-order valence-electron chi connectivity index (χ4n) is 3.19. The van der Waals surface area contributed by atoms with Crippen molar-refractivity contribution in [2.24, 2.45) is 0 Å². The fourth-order valence-corrected chi connectivity index (χ4v) is 3.41. The summed E-state index contributed by atoms with van der Waals surface area (Å²) in [6, 6.07) is 6.99. The van der Waals surface area contributed by atoms with Crippen LogP contribution in [-0.2, 0) is 14.3 Å². The Balaban J connectivity index is 1.60. The van der Waals surface area contributed by atoms with Crippen molar-refractivity contribution < 1.29 is 14.3 Å². The van der Waals surface area contributed by atoms with E-state index in [1.54, 1.807) is 18.2 Å². The number of ether oxygens (including phenoxy) is 2. The molecule has 2 saturated heterocycles. The Morgan fingerprint density at radius 1 is 1.38 bits per heavy atom. The van der Waals surface area contributed by atoms with Gasteiger partial charge in [0.2, 0.25) is 5.91 Å². The fraction of sp³-hybridized carbons (Fsp3) is 0.529. The van der Waals surface area contributed by atoms with Gasteiger partial charge in [0.15, 0.2) is 6.29 Å². The topological polar surface area (TPSA) is 74.6 Å². The highest BCUT2D eigenvalue weighted by Crippen LogP contribution is 2.24. The second-order valence-corrected chi connectivity index (χ2v) is 6.41. The third kappa shape index (κ3) is 4.05. The molecule has 1 aromatic rings. The Morgan fingerprint density at radius 2 is 2.17 bits per heavy atom. The van der Waals surface area contributed by atoms with Crippen molar-refractivity contribution in [3.05, 3.63) is 28.8 Å². The third-order valence-corrected chi connectivity index (χ3v) is 4.66. The molecular formula is C17H20ClN3O3. The molecule has 2 aliphatic heterocycles. The average Bonchev–Trinajstić information content (AvgIpc) is 3.10. The Labute approximate surface area is 146 Å². The second kappa shape index (κ2) is 7.95. The van der Waals surface area contributed by atoms with Crippen LogP contribution < -0.4 is 5.32 Å². The molecule has 0 bridgehead atoms. The first kappa shape index (κ1) is 17.2. The van der Waals surface area contributed by atoms with Gasteiger partial charge in [-0.15, -0.1) is 0 Å². The zero-order valence-electron chi connectivity index (χ0n) is 13.3. The van der Waals surface area contributed by atoms with E-state index in [1.807, 2.05) is 6.07 Å². The van der Waals surface area contributed by atoms with Crippen molar-refractivity contribution in [2.75, 3.05) is 31.6 Å². The number of piperidine rings is 1. The Bertz CT molecular complexity index is 640.